The zero-order chi connectivity index (χ0) is 11.7. The second-order valence-electron chi connectivity index (χ2n) is 2.58. The van der Waals surface area contributed by atoms with Crippen molar-refractivity contribution in [3.05, 3.63) is 23.8 Å². The maximum absolute atomic E-state index is 9.17. The van der Waals surface area contributed by atoms with Crippen LogP contribution in [0.4, 0.5) is 0 Å². The van der Waals surface area contributed by atoms with Gasteiger partial charge in [0, 0.05) is 19.8 Å². The van der Waals surface area contributed by atoms with Crippen LogP contribution in [-0.2, 0) is 4.74 Å². The molecule has 15 heavy (non-hydrogen) atoms. The number of oxime groups is 1. The quantitative estimate of drug-likeness (QED) is 0.443. The van der Waals surface area contributed by atoms with E-state index in [9.17, 15) is 5.11 Å². The highest BCUT2D eigenvalue weighted by Gasteiger charge is 2.00. The number of aromatic hydroxyl groups is 1. The van der Waals surface area contributed by atoms with E-state index in [1.807, 2.05) is 0 Å². The van der Waals surface area contributed by atoms with Gasteiger partial charge in [0.05, 0.1) is 13.3 Å². The molecule has 0 radical (unpaired) electrons. The molecular formula is C10H15NO4. The number of phenols is 1. The second-order valence-corrected chi connectivity index (χ2v) is 2.58. The van der Waals surface area contributed by atoms with Gasteiger partial charge in [-0.2, -0.15) is 0 Å². The Morgan fingerprint density at radius 2 is 1.87 bits per heavy atom. The van der Waals surface area contributed by atoms with Gasteiger partial charge in [-0.25, -0.2) is 0 Å². The van der Waals surface area contributed by atoms with Crippen LogP contribution in [0.2, 0.25) is 0 Å². The van der Waals surface area contributed by atoms with Gasteiger partial charge >= 0.3 is 0 Å². The molecule has 1 aromatic rings. The van der Waals surface area contributed by atoms with Gasteiger partial charge in [-0.05, 0) is 18.2 Å². The van der Waals surface area contributed by atoms with Crippen LogP contribution in [0.3, 0.4) is 0 Å². The Kier molecular flexibility index (Phi) is 6.74. The number of hydrogen-bond donors (Lipinski definition) is 2. The SMILES string of the molecule is COC.COc1cc(C=NO)ccc1O. The molecule has 2 N–H and O–H groups in total. The highest BCUT2D eigenvalue weighted by Crippen LogP contribution is 2.25. The first kappa shape index (κ1) is 13.2. The Hall–Kier alpha value is -1.75. The van der Waals surface area contributed by atoms with Crippen LogP contribution in [-0.4, -0.2) is 37.9 Å². The number of methoxy groups -OCH3 is 2. The van der Waals surface area contributed by atoms with E-state index in [1.165, 1.54) is 19.4 Å². The number of phenolic OH excluding ortho intramolecular Hbond substituents is 1. The van der Waals surface area contributed by atoms with Crippen molar-refractivity contribution in [1.82, 2.24) is 0 Å². The molecule has 0 unspecified atom stereocenters. The average Bonchev–Trinajstić information content (AvgIpc) is 2.22. The molecule has 5 heteroatoms. The first-order valence-electron chi connectivity index (χ1n) is 4.14. The summed E-state index contributed by atoms with van der Waals surface area (Å²) in [5.41, 5.74) is 0.659. The lowest BCUT2D eigenvalue weighted by molar-refractivity contribution is 0.277. The lowest BCUT2D eigenvalue weighted by atomic mass is 10.2. The number of benzene rings is 1. The van der Waals surface area contributed by atoms with Crippen molar-refractivity contribution in [2.45, 2.75) is 0 Å². The third-order valence-corrected chi connectivity index (χ3v) is 1.41. The third-order valence-electron chi connectivity index (χ3n) is 1.41. The van der Waals surface area contributed by atoms with Crippen LogP contribution in [0.25, 0.3) is 0 Å². The molecule has 0 aliphatic carbocycles. The molecule has 84 valence electrons. The molecule has 1 rings (SSSR count). The monoisotopic (exact) mass is 213 g/mol. The molecule has 0 saturated carbocycles. The van der Waals surface area contributed by atoms with Crippen LogP contribution in [0.1, 0.15) is 5.56 Å². The second kappa shape index (κ2) is 7.64. The van der Waals surface area contributed by atoms with Gasteiger partial charge in [0.1, 0.15) is 0 Å². The molecule has 0 atom stereocenters. The predicted octanol–water partition coefficient (Wildman–Crippen LogP) is 1.47. The van der Waals surface area contributed by atoms with Crippen molar-refractivity contribution in [1.29, 1.82) is 0 Å². The lowest BCUT2D eigenvalue weighted by Crippen LogP contribution is -1.86. The topological polar surface area (TPSA) is 71.3 Å². The van der Waals surface area contributed by atoms with E-state index in [0.29, 0.717) is 11.3 Å². The Morgan fingerprint density at radius 3 is 2.33 bits per heavy atom. The van der Waals surface area contributed by atoms with Crippen molar-refractivity contribution in [3.8, 4) is 11.5 Å². The van der Waals surface area contributed by atoms with E-state index < -0.39 is 0 Å². The fraction of sp³-hybridized carbons (Fsp3) is 0.300. The summed E-state index contributed by atoms with van der Waals surface area (Å²) in [6.07, 6.45) is 1.25. The maximum atomic E-state index is 9.17. The van der Waals surface area contributed by atoms with Crippen LogP contribution in [0.15, 0.2) is 23.4 Å². The van der Waals surface area contributed by atoms with E-state index in [2.05, 4.69) is 9.89 Å². The molecule has 0 fully saturated rings. The third kappa shape index (κ3) is 4.87. The van der Waals surface area contributed by atoms with E-state index in [-0.39, 0.29) is 5.75 Å². The number of ether oxygens (including phenoxy) is 2. The van der Waals surface area contributed by atoms with Gasteiger partial charge in [0.15, 0.2) is 11.5 Å². The Balaban J connectivity index is 0.000000583. The summed E-state index contributed by atoms with van der Waals surface area (Å²) in [6, 6.07) is 4.64. The van der Waals surface area contributed by atoms with E-state index in [1.54, 1.807) is 26.4 Å². The summed E-state index contributed by atoms with van der Waals surface area (Å²) >= 11 is 0. The first-order valence-corrected chi connectivity index (χ1v) is 4.14. The van der Waals surface area contributed by atoms with Gasteiger partial charge in [-0.1, -0.05) is 5.16 Å². The highest BCUT2D eigenvalue weighted by molar-refractivity contribution is 5.80. The van der Waals surface area contributed by atoms with Crippen LogP contribution < -0.4 is 4.74 Å². The highest BCUT2D eigenvalue weighted by atomic mass is 16.5. The summed E-state index contributed by atoms with van der Waals surface area (Å²) in [5, 5.41) is 20.2. The van der Waals surface area contributed by atoms with Gasteiger partial charge in [-0.15, -0.1) is 0 Å². The zero-order valence-electron chi connectivity index (χ0n) is 8.97. The molecular weight excluding hydrogens is 198 g/mol. The minimum absolute atomic E-state index is 0.0626. The van der Waals surface area contributed by atoms with Crippen LogP contribution in [0.5, 0.6) is 11.5 Å². The smallest absolute Gasteiger partial charge is 0.161 e. The summed E-state index contributed by atoms with van der Waals surface area (Å²) in [4.78, 5) is 0. The van der Waals surface area contributed by atoms with Crippen LogP contribution in [0, 0.1) is 0 Å². The first-order chi connectivity index (χ1) is 7.19. The number of nitrogens with zero attached hydrogens (tertiary/aromatic N) is 1. The molecule has 5 nitrogen and oxygen atoms in total. The summed E-state index contributed by atoms with van der Waals surface area (Å²) in [7, 11) is 4.70. The molecule has 0 heterocycles. The van der Waals surface area contributed by atoms with E-state index in [0.717, 1.165) is 0 Å². The van der Waals surface area contributed by atoms with Crippen molar-refractivity contribution >= 4 is 6.21 Å². The average molecular weight is 213 g/mol. The zero-order valence-corrected chi connectivity index (χ0v) is 8.97. The largest absolute Gasteiger partial charge is 0.504 e. The molecule has 0 saturated heterocycles. The van der Waals surface area contributed by atoms with E-state index >= 15 is 0 Å². The fourth-order valence-electron chi connectivity index (χ4n) is 0.841. The predicted molar refractivity (Wildman–Crippen MR) is 57.0 cm³/mol. The summed E-state index contributed by atoms with van der Waals surface area (Å²) in [6.45, 7) is 0. The van der Waals surface area contributed by atoms with Crippen molar-refractivity contribution in [3.63, 3.8) is 0 Å². The lowest BCUT2D eigenvalue weighted by Gasteiger charge is -2.02. The molecule has 0 amide bonds. The van der Waals surface area contributed by atoms with Crippen LogP contribution >= 0.6 is 0 Å². The molecule has 0 aliphatic rings. The van der Waals surface area contributed by atoms with Crippen molar-refractivity contribution in [2.24, 2.45) is 5.16 Å². The minimum Gasteiger partial charge on any atom is -0.504 e. The van der Waals surface area contributed by atoms with Crippen molar-refractivity contribution < 1.29 is 19.8 Å². The maximum Gasteiger partial charge on any atom is 0.161 e. The molecule has 0 aliphatic heterocycles. The molecule has 0 spiro atoms. The summed E-state index contributed by atoms with van der Waals surface area (Å²) < 4.78 is 9.09. The molecule has 1 aromatic carbocycles. The minimum atomic E-state index is 0.0626. The number of rotatable bonds is 2. The molecule has 0 bridgehead atoms. The van der Waals surface area contributed by atoms with E-state index in [4.69, 9.17) is 9.94 Å². The van der Waals surface area contributed by atoms with Gasteiger partial charge in [-0.3, -0.25) is 0 Å². The van der Waals surface area contributed by atoms with Gasteiger partial charge in [0.25, 0.3) is 0 Å². The Morgan fingerprint density at radius 1 is 1.27 bits per heavy atom. The van der Waals surface area contributed by atoms with Crippen molar-refractivity contribution in [2.75, 3.05) is 21.3 Å². The van der Waals surface area contributed by atoms with Gasteiger partial charge < -0.3 is 19.8 Å². The normalized spacial score (nSPS) is 9.53. The Labute approximate surface area is 88.6 Å². The Bertz CT molecular complexity index is 312. The number of hydrogen-bond acceptors (Lipinski definition) is 5. The molecule has 0 aromatic heterocycles. The summed E-state index contributed by atoms with van der Waals surface area (Å²) in [5.74, 6) is 0.417. The van der Waals surface area contributed by atoms with Gasteiger partial charge in [0.2, 0.25) is 0 Å². The fourth-order valence-corrected chi connectivity index (χ4v) is 0.841. The standard InChI is InChI=1S/C8H9NO3.C2H6O/c1-12-8-4-6(5-9-11)2-3-7(8)10;1-3-2/h2-5,10-11H,1H3;1-2H3.